The van der Waals surface area contributed by atoms with Crippen LogP contribution in [0, 0.1) is 23.2 Å². The molecule has 4 fully saturated rings. The number of pyridine rings is 2. The zero-order chi connectivity index (χ0) is 21.7. The normalized spacial score (nSPS) is 28.1. The van der Waals surface area contributed by atoms with Crippen LogP contribution in [0.2, 0.25) is 0 Å². The predicted molar refractivity (Wildman–Crippen MR) is 121 cm³/mol. The van der Waals surface area contributed by atoms with E-state index in [9.17, 15) is 9.59 Å². The van der Waals surface area contributed by atoms with Crippen LogP contribution in [-0.2, 0) is 9.53 Å². The van der Waals surface area contributed by atoms with Crippen LogP contribution in [0.3, 0.4) is 0 Å². The molecule has 7 rings (SSSR count). The first kappa shape index (κ1) is 19.6. The van der Waals surface area contributed by atoms with Gasteiger partial charge in [-0.2, -0.15) is 0 Å². The number of rotatable bonds is 5. The average molecular weight is 427 g/mol. The summed E-state index contributed by atoms with van der Waals surface area (Å²) < 4.78 is 5.64. The second kappa shape index (κ2) is 7.51. The summed E-state index contributed by atoms with van der Waals surface area (Å²) in [5.74, 6) is 1.70. The maximum absolute atomic E-state index is 13.3. The Hall–Kier alpha value is -3.08. The molecule has 1 aromatic carbocycles. The van der Waals surface area contributed by atoms with Gasteiger partial charge in [0.25, 0.3) is 0 Å². The fraction of sp³-hybridized carbons (Fsp3) is 0.407. The van der Waals surface area contributed by atoms with Crippen LogP contribution >= 0.6 is 0 Å². The van der Waals surface area contributed by atoms with Gasteiger partial charge in [0, 0.05) is 17.0 Å². The van der Waals surface area contributed by atoms with E-state index in [4.69, 9.17) is 4.74 Å². The fourth-order valence-electron chi connectivity index (χ4n) is 6.80. The number of fused-ring (bicyclic) bond motifs is 1. The van der Waals surface area contributed by atoms with Gasteiger partial charge in [0.2, 0.25) is 0 Å². The van der Waals surface area contributed by atoms with Gasteiger partial charge in [-0.1, -0.05) is 24.3 Å². The van der Waals surface area contributed by atoms with E-state index in [1.807, 2.05) is 42.5 Å². The smallest absolute Gasteiger partial charge is 0.339 e. The lowest BCUT2D eigenvalue weighted by molar-refractivity contribution is -0.147. The number of nitrogens with zero attached hydrogens (tertiary/aromatic N) is 2. The zero-order valence-corrected chi connectivity index (χ0v) is 18.0. The van der Waals surface area contributed by atoms with Crippen molar-refractivity contribution in [1.29, 1.82) is 0 Å². The van der Waals surface area contributed by atoms with Gasteiger partial charge in [0.1, 0.15) is 0 Å². The number of para-hydroxylation sites is 1. The minimum atomic E-state index is -0.473. The quantitative estimate of drug-likeness (QED) is 0.522. The van der Waals surface area contributed by atoms with Gasteiger partial charge >= 0.3 is 5.97 Å². The molecule has 0 amide bonds. The lowest BCUT2D eigenvalue weighted by Crippen LogP contribution is -2.51. The second-order valence-electron chi connectivity index (χ2n) is 9.98. The third-order valence-electron chi connectivity index (χ3n) is 7.83. The van der Waals surface area contributed by atoms with Gasteiger partial charge in [-0.3, -0.25) is 9.78 Å². The van der Waals surface area contributed by atoms with Crippen molar-refractivity contribution in [2.45, 2.75) is 38.5 Å². The average Bonchev–Trinajstić information content (AvgIpc) is 2.81. The van der Waals surface area contributed by atoms with Gasteiger partial charge in [-0.25, -0.2) is 9.78 Å². The van der Waals surface area contributed by atoms with Crippen LogP contribution in [-0.4, -0.2) is 28.3 Å². The SMILES string of the molecule is O=C(OCC(=O)C12CC3CC(CC(C3)C1)C2)c1cc(-c2ccccn2)nc2ccccc12. The first-order valence-electron chi connectivity index (χ1n) is 11.6. The summed E-state index contributed by atoms with van der Waals surface area (Å²) in [5, 5.41) is 0.722. The van der Waals surface area contributed by atoms with Crippen molar-refractivity contribution >= 4 is 22.7 Å². The first-order chi connectivity index (χ1) is 15.6. The Morgan fingerprint density at radius 2 is 1.59 bits per heavy atom. The third-order valence-corrected chi connectivity index (χ3v) is 7.83. The lowest BCUT2D eigenvalue weighted by Gasteiger charge is -2.55. The topological polar surface area (TPSA) is 69.2 Å². The summed E-state index contributed by atoms with van der Waals surface area (Å²) in [5.41, 5.74) is 2.18. The molecule has 5 heteroatoms. The Morgan fingerprint density at radius 3 is 2.28 bits per heavy atom. The van der Waals surface area contributed by atoms with Crippen LogP contribution in [0.5, 0.6) is 0 Å². The van der Waals surface area contributed by atoms with Crippen molar-refractivity contribution in [3.8, 4) is 11.4 Å². The van der Waals surface area contributed by atoms with Crippen LogP contribution in [0.25, 0.3) is 22.3 Å². The van der Waals surface area contributed by atoms with E-state index in [1.165, 1.54) is 19.3 Å². The molecule has 0 saturated heterocycles. The standard InChI is InChI=1S/C27H26N2O3/c30-25(27-13-17-9-18(14-27)11-19(10-17)15-27)16-32-26(31)21-12-24(23-7-3-4-8-28-23)29-22-6-2-1-5-20(21)22/h1-8,12,17-19H,9-11,13-16H2. The molecule has 0 spiro atoms. The van der Waals surface area contributed by atoms with Crippen molar-refractivity contribution in [2.75, 3.05) is 6.61 Å². The highest BCUT2D eigenvalue weighted by atomic mass is 16.5. The summed E-state index contributed by atoms with van der Waals surface area (Å²) >= 11 is 0. The second-order valence-corrected chi connectivity index (χ2v) is 9.98. The maximum atomic E-state index is 13.3. The number of Topliss-reactive ketones (excluding diaryl/α,β-unsaturated/α-hetero) is 1. The van der Waals surface area contributed by atoms with Gasteiger partial charge < -0.3 is 4.74 Å². The molecule has 0 radical (unpaired) electrons. The Bertz CT molecular complexity index is 1170. The molecule has 4 saturated carbocycles. The van der Waals surface area contributed by atoms with Crippen molar-refractivity contribution in [3.63, 3.8) is 0 Å². The number of hydrogen-bond acceptors (Lipinski definition) is 5. The molecule has 2 heterocycles. The number of hydrogen-bond donors (Lipinski definition) is 0. The Morgan fingerprint density at radius 1 is 0.906 bits per heavy atom. The zero-order valence-electron chi connectivity index (χ0n) is 18.0. The van der Waals surface area contributed by atoms with Crippen LogP contribution in [0.4, 0.5) is 0 Å². The molecule has 0 aliphatic heterocycles. The van der Waals surface area contributed by atoms with Gasteiger partial charge in [-0.05, 0) is 80.5 Å². The fourth-order valence-corrected chi connectivity index (χ4v) is 6.80. The van der Waals surface area contributed by atoms with E-state index in [0.29, 0.717) is 40.2 Å². The molecule has 4 aliphatic carbocycles. The molecule has 32 heavy (non-hydrogen) atoms. The largest absolute Gasteiger partial charge is 0.454 e. The third kappa shape index (κ3) is 3.31. The van der Waals surface area contributed by atoms with Crippen LogP contribution in [0.1, 0.15) is 48.9 Å². The monoisotopic (exact) mass is 426 g/mol. The van der Waals surface area contributed by atoms with Crippen molar-refractivity contribution < 1.29 is 14.3 Å². The van der Waals surface area contributed by atoms with Gasteiger partial charge in [-0.15, -0.1) is 0 Å². The van der Waals surface area contributed by atoms with E-state index in [1.54, 1.807) is 12.3 Å². The molecule has 4 aliphatic rings. The molecule has 162 valence electrons. The number of carbonyl (C=O) groups is 2. The van der Waals surface area contributed by atoms with E-state index in [2.05, 4.69) is 9.97 Å². The van der Waals surface area contributed by atoms with Crippen molar-refractivity contribution in [2.24, 2.45) is 23.2 Å². The molecular weight excluding hydrogens is 400 g/mol. The van der Waals surface area contributed by atoms with Gasteiger partial charge in [0.05, 0.1) is 22.5 Å². The summed E-state index contributed by atoms with van der Waals surface area (Å²) in [7, 11) is 0. The Kier molecular flexibility index (Phi) is 4.60. The van der Waals surface area contributed by atoms with E-state index >= 15 is 0 Å². The molecule has 0 N–H and O–H groups in total. The lowest BCUT2D eigenvalue weighted by atomic mass is 9.48. The number of esters is 1. The molecule has 2 aromatic heterocycles. The molecule has 5 nitrogen and oxygen atoms in total. The number of ketones is 1. The number of ether oxygens (including phenoxy) is 1. The molecule has 4 bridgehead atoms. The molecular formula is C27H26N2O3. The molecule has 0 unspecified atom stereocenters. The molecule has 0 atom stereocenters. The van der Waals surface area contributed by atoms with E-state index in [-0.39, 0.29) is 17.8 Å². The highest BCUT2D eigenvalue weighted by Crippen LogP contribution is 2.60. The first-order valence-corrected chi connectivity index (χ1v) is 11.6. The highest BCUT2D eigenvalue weighted by molar-refractivity contribution is 6.05. The predicted octanol–water partition coefficient (Wildman–Crippen LogP) is 5.24. The summed E-state index contributed by atoms with van der Waals surface area (Å²) in [4.78, 5) is 35.5. The van der Waals surface area contributed by atoms with Crippen LogP contribution < -0.4 is 0 Å². The summed E-state index contributed by atoms with van der Waals surface area (Å²) in [6, 6.07) is 14.8. The Labute approximate surface area is 187 Å². The minimum Gasteiger partial charge on any atom is -0.454 e. The maximum Gasteiger partial charge on any atom is 0.339 e. The summed E-state index contributed by atoms with van der Waals surface area (Å²) in [6.07, 6.45) is 8.50. The number of benzene rings is 1. The van der Waals surface area contributed by atoms with Crippen molar-refractivity contribution in [3.05, 3.63) is 60.3 Å². The van der Waals surface area contributed by atoms with Crippen LogP contribution in [0.15, 0.2) is 54.7 Å². The minimum absolute atomic E-state index is 0.119. The highest BCUT2D eigenvalue weighted by Gasteiger charge is 2.54. The van der Waals surface area contributed by atoms with E-state index < -0.39 is 5.97 Å². The number of carbonyl (C=O) groups excluding carboxylic acids is 2. The van der Waals surface area contributed by atoms with Gasteiger partial charge in [0.15, 0.2) is 12.4 Å². The van der Waals surface area contributed by atoms with E-state index in [0.717, 1.165) is 24.6 Å². The summed E-state index contributed by atoms with van der Waals surface area (Å²) in [6.45, 7) is -0.138. The molecule has 3 aromatic rings. The van der Waals surface area contributed by atoms with Crippen molar-refractivity contribution in [1.82, 2.24) is 9.97 Å². The number of aromatic nitrogens is 2. The Balaban J connectivity index is 1.26.